The standard InChI is InChI=1S/C8H13NO2/c1-3-4-9-5-7(10)8(6-9)11-2/h1,7-8,10H,4-6H2,2H3/t7-,8-/m1/s1. The van der Waals surface area contributed by atoms with Crippen molar-refractivity contribution in [3.05, 3.63) is 0 Å². The van der Waals surface area contributed by atoms with Crippen LogP contribution in [0.2, 0.25) is 0 Å². The highest BCUT2D eigenvalue weighted by molar-refractivity contribution is 4.93. The maximum absolute atomic E-state index is 9.35. The van der Waals surface area contributed by atoms with Crippen LogP contribution in [-0.2, 0) is 4.74 Å². The van der Waals surface area contributed by atoms with E-state index in [4.69, 9.17) is 11.2 Å². The van der Waals surface area contributed by atoms with Gasteiger partial charge in [-0.05, 0) is 0 Å². The van der Waals surface area contributed by atoms with Crippen molar-refractivity contribution in [3.8, 4) is 12.3 Å². The van der Waals surface area contributed by atoms with Crippen LogP contribution >= 0.6 is 0 Å². The molecule has 0 unspecified atom stereocenters. The van der Waals surface area contributed by atoms with E-state index in [0.717, 1.165) is 6.54 Å². The van der Waals surface area contributed by atoms with Crippen molar-refractivity contribution < 1.29 is 9.84 Å². The molecule has 1 fully saturated rings. The van der Waals surface area contributed by atoms with E-state index >= 15 is 0 Å². The minimum Gasteiger partial charge on any atom is -0.389 e. The van der Waals surface area contributed by atoms with Gasteiger partial charge in [-0.3, -0.25) is 4.90 Å². The van der Waals surface area contributed by atoms with Gasteiger partial charge in [0.25, 0.3) is 0 Å². The third kappa shape index (κ3) is 1.93. The van der Waals surface area contributed by atoms with Gasteiger partial charge in [0.1, 0.15) is 0 Å². The minimum absolute atomic E-state index is 0.0663. The summed E-state index contributed by atoms with van der Waals surface area (Å²) in [5, 5.41) is 9.35. The van der Waals surface area contributed by atoms with Crippen molar-refractivity contribution in [3.63, 3.8) is 0 Å². The Kier molecular flexibility index (Phi) is 2.89. The number of hydrogen-bond donors (Lipinski definition) is 1. The van der Waals surface area contributed by atoms with E-state index < -0.39 is 0 Å². The normalized spacial score (nSPS) is 32.1. The number of nitrogens with zero attached hydrogens (tertiary/aromatic N) is 1. The summed E-state index contributed by atoms with van der Waals surface area (Å²) in [6, 6.07) is 0. The summed E-state index contributed by atoms with van der Waals surface area (Å²) in [7, 11) is 1.60. The van der Waals surface area contributed by atoms with Crippen molar-refractivity contribution in [1.82, 2.24) is 4.90 Å². The average Bonchev–Trinajstić information content (AvgIpc) is 2.32. The van der Waals surface area contributed by atoms with E-state index in [1.54, 1.807) is 7.11 Å². The third-order valence-electron chi connectivity index (χ3n) is 1.93. The van der Waals surface area contributed by atoms with Crippen molar-refractivity contribution in [2.45, 2.75) is 12.2 Å². The molecule has 3 heteroatoms. The first-order chi connectivity index (χ1) is 5.27. The number of ether oxygens (including phenoxy) is 1. The molecule has 11 heavy (non-hydrogen) atoms. The van der Waals surface area contributed by atoms with E-state index in [1.165, 1.54) is 0 Å². The molecule has 0 spiro atoms. The van der Waals surface area contributed by atoms with Crippen LogP contribution in [0, 0.1) is 12.3 Å². The van der Waals surface area contributed by atoms with Crippen LogP contribution in [0.4, 0.5) is 0 Å². The van der Waals surface area contributed by atoms with Gasteiger partial charge in [0.2, 0.25) is 0 Å². The largest absolute Gasteiger partial charge is 0.389 e. The number of rotatable bonds is 2. The molecule has 2 atom stereocenters. The van der Waals surface area contributed by atoms with Gasteiger partial charge in [-0.25, -0.2) is 0 Å². The van der Waals surface area contributed by atoms with Crippen LogP contribution in [-0.4, -0.2) is 49.0 Å². The van der Waals surface area contributed by atoms with Gasteiger partial charge >= 0.3 is 0 Å². The lowest BCUT2D eigenvalue weighted by Gasteiger charge is -2.10. The topological polar surface area (TPSA) is 32.7 Å². The monoisotopic (exact) mass is 155 g/mol. The third-order valence-corrected chi connectivity index (χ3v) is 1.93. The van der Waals surface area contributed by atoms with Crippen molar-refractivity contribution in [2.24, 2.45) is 0 Å². The van der Waals surface area contributed by atoms with Crippen LogP contribution < -0.4 is 0 Å². The zero-order chi connectivity index (χ0) is 8.27. The van der Waals surface area contributed by atoms with E-state index in [0.29, 0.717) is 13.1 Å². The Morgan fingerprint density at radius 2 is 2.45 bits per heavy atom. The first kappa shape index (κ1) is 8.54. The Hall–Kier alpha value is -0.560. The predicted molar refractivity (Wildman–Crippen MR) is 42.1 cm³/mol. The Morgan fingerprint density at radius 3 is 2.91 bits per heavy atom. The number of β-amino-alcohol motifs (C(OH)–C–C–N with tert-alkyl or cyclic N) is 1. The van der Waals surface area contributed by atoms with Crippen molar-refractivity contribution in [2.75, 3.05) is 26.7 Å². The molecular weight excluding hydrogens is 142 g/mol. The summed E-state index contributed by atoms with van der Waals surface area (Å²) in [5.74, 6) is 2.53. The highest BCUT2D eigenvalue weighted by Gasteiger charge is 2.30. The molecule has 0 amide bonds. The Balaban J connectivity index is 2.38. The molecule has 3 nitrogen and oxygen atoms in total. The average molecular weight is 155 g/mol. The lowest BCUT2D eigenvalue weighted by molar-refractivity contribution is 0.0215. The summed E-state index contributed by atoms with van der Waals surface area (Å²) in [6.07, 6.45) is 4.68. The molecule has 62 valence electrons. The van der Waals surface area contributed by atoms with Gasteiger partial charge in [-0.1, -0.05) is 5.92 Å². The van der Waals surface area contributed by atoms with Crippen LogP contribution in [0.1, 0.15) is 0 Å². The summed E-state index contributed by atoms with van der Waals surface area (Å²) >= 11 is 0. The van der Waals surface area contributed by atoms with Crippen LogP contribution in [0.3, 0.4) is 0 Å². The Labute approximate surface area is 67.0 Å². The molecule has 1 saturated heterocycles. The van der Waals surface area contributed by atoms with Crippen molar-refractivity contribution in [1.29, 1.82) is 0 Å². The van der Waals surface area contributed by atoms with Gasteiger partial charge in [0.05, 0.1) is 18.8 Å². The zero-order valence-corrected chi connectivity index (χ0v) is 6.66. The fourth-order valence-corrected chi connectivity index (χ4v) is 1.32. The Bertz CT molecular complexity index is 164. The number of aliphatic hydroxyl groups is 1. The fraction of sp³-hybridized carbons (Fsp3) is 0.750. The first-order valence-corrected chi connectivity index (χ1v) is 3.64. The van der Waals surface area contributed by atoms with E-state index in [-0.39, 0.29) is 12.2 Å². The molecule has 1 heterocycles. The summed E-state index contributed by atoms with van der Waals surface area (Å²) in [4.78, 5) is 2.00. The molecule has 1 rings (SSSR count). The quantitative estimate of drug-likeness (QED) is 0.536. The summed E-state index contributed by atoms with van der Waals surface area (Å²) < 4.78 is 5.04. The maximum Gasteiger partial charge on any atom is 0.0969 e. The number of aliphatic hydroxyl groups excluding tert-OH is 1. The number of likely N-dealkylation sites (tertiary alicyclic amines) is 1. The first-order valence-electron chi connectivity index (χ1n) is 3.64. The molecule has 0 radical (unpaired) electrons. The second-order valence-corrected chi connectivity index (χ2v) is 2.74. The van der Waals surface area contributed by atoms with Gasteiger partial charge in [0.15, 0.2) is 0 Å². The van der Waals surface area contributed by atoms with E-state index in [9.17, 15) is 5.11 Å². The summed E-state index contributed by atoms with van der Waals surface area (Å²) in [5.41, 5.74) is 0. The molecule has 0 saturated carbocycles. The molecule has 1 aliphatic heterocycles. The van der Waals surface area contributed by atoms with Gasteiger partial charge in [-0.15, -0.1) is 6.42 Å². The maximum atomic E-state index is 9.35. The van der Waals surface area contributed by atoms with Crippen LogP contribution in [0.15, 0.2) is 0 Å². The minimum atomic E-state index is -0.381. The lowest BCUT2D eigenvalue weighted by Crippen LogP contribution is -2.25. The molecular formula is C8H13NO2. The van der Waals surface area contributed by atoms with Crippen molar-refractivity contribution >= 4 is 0 Å². The highest BCUT2D eigenvalue weighted by Crippen LogP contribution is 2.11. The second-order valence-electron chi connectivity index (χ2n) is 2.74. The number of hydrogen-bond acceptors (Lipinski definition) is 3. The van der Waals surface area contributed by atoms with Crippen LogP contribution in [0.25, 0.3) is 0 Å². The molecule has 0 bridgehead atoms. The van der Waals surface area contributed by atoms with Gasteiger partial charge < -0.3 is 9.84 Å². The van der Waals surface area contributed by atoms with E-state index in [1.807, 2.05) is 4.90 Å². The molecule has 1 aliphatic rings. The van der Waals surface area contributed by atoms with Gasteiger partial charge in [-0.2, -0.15) is 0 Å². The molecule has 0 aromatic carbocycles. The number of methoxy groups -OCH3 is 1. The fourth-order valence-electron chi connectivity index (χ4n) is 1.32. The predicted octanol–water partition coefficient (Wildman–Crippen LogP) is -0.689. The summed E-state index contributed by atoms with van der Waals surface area (Å²) in [6.45, 7) is 1.96. The Morgan fingerprint density at radius 1 is 1.73 bits per heavy atom. The smallest absolute Gasteiger partial charge is 0.0969 e. The molecule has 0 aromatic rings. The highest BCUT2D eigenvalue weighted by atomic mass is 16.5. The SMILES string of the molecule is C#CCN1C[C@@H](O)[C@H](OC)C1. The zero-order valence-electron chi connectivity index (χ0n) is 6.66. The van der Waals surface area contributed by atoms with Gasteiger partial charge in [0, 0.05) is 20.2 Å². The van der Waals surface area contributed by atoms with E-state index in [2.05, 4.69) is 5.92 Å². The number of terminal acetylenes is 1. The second kappa shape index (κ2) is 3.72. The molecule has 1 N–H and O–H groups in total. The lowest BCUT2D eigenvalue weighted by atomic mass is 10.3. The van der Waals surface area contributed by atoms with Crippen LogP contribution in [0.5, 0.6) is 0 Å². The molecule has 0 aliphatic carbocycles. The molecule has 0 aromatic heterocycles.